The van der Waals surface area contributed by atoms with Gasteiger partial charge in [-0.25, -0.2) is 4.79 Å². The molecular weight excluding hydrogens is 362 g/mol. The summed E-state index contributed by atoms with van der Waals surface area (Å²) in [5.41, 5.74) is 0.526. The number of likely N-dealkylation sites (tertiary alicyclic amines) is 1. The van der Waals surface area contributed by atoms with Crippen LogP contribution in [0.5, 0.6) is 0 Å². The highest BCUT2D eigenvalue weighted by Crippen LogP contribution is 2.30. The second-order valence-electron chi connectivity index (χ2n) is 8.12. The third-order valence-corrected chi connectivity index (χ3v) is 6.05. The maximum Gasteiger partial charge on any atom is 0.340 e. The number of amides is 1. The number of hydrogen-bond donors (Lipinski definition) is 0. The van der Waals surface area contributed by atoms with Gasteiger partial charge in [0.1, 0.15) is 0 Å². The Morgan fingerprint density at radius 2 is 1.45 bits per heavy atom. The molecule has 4 rings (SSSR count). The highest BCUT2D eigenvalue weighted by molar-refractivity contribution is 6.16. The van der Waals surface area contributed by atoms with Crippen LogP contribution in [0.3, 0.4) is 0 Å². The SMILES string of the molecule is C[C@@H]1CCC[C@@H](C)N1C(=O)[C@@H](C)OC(=O)c1c2ccccc2cc2ccccc12. The van der Waals surface area contributed by atoms with E-state index in [-0.39, 0.29) is 18.0 Å². The van der Waals surface area contributed by atoms with E-state index < -0.39 is 12.1 Å². The van der Waals surface area contributed by atoms with E-state index in [4.69, 9.17) is 4.74 Å². The van der Waals surface area contributed by atoms with Gasteiger partial charge >= 0.3 is 5.97 Å². The van der Waals surface area contributed by atoms with E-state index in [0.29, 0.717) is 5.56 Å². The number of piperidine rings is 1. The van der Waals surface area contributed by atoms with Gasteiger partial charge in [-0.15, -0.1) is 0 Å². The lowest BCUT2D eigenvalue weighted by Crippen LogP contribution is -2.51. The summed E-state index contributed by atoms with van der Waals surface area (Å²) in [7, 11) is 0. The molecule has 0 saturated carbocycles. The Morgan fingerprint density at radius 3 is 2.00 bits per heavy atom. The molecule has 3 aromatic rings. The summed E-state index contributed by atoms with van der Waals surface area (Å²) in [6.07, 6.45) is 2.29. The number of benzene rings is 3. The van der Waals surface area contributed by atoms with E-state index in [2.05, 4.69) is 19.9 Å². The molecule has 4 heteroatoms. The van der Waals surface area contributed by atoms with Crippen molar-refractivity contribution in [3.8, 4) is 0 Å². The van der Waals surface area contributed by atoms with Gasteiger partial charge in [-0.2, -0.15) is 0 Å². The van der Waals surface area contributed by atoms with Gasteiger partial charge in [0.2, 0.25) is 0 Å². The number of nitrogens with zero attached hydrogens (tertiary/aromatic N) is 1. The first-order valence-electron chi connectivity index (χ1n) is 10.4. The van der Waals surface area contributed by atoms with Crippen molar-refractivity contribution >= 4 is 33.4 Å². The smallest absolute Gasteiger partial charge is 0.340 e. The summed E-state index contributed by atoms with van der Waals surface area (Å²) in [6, 6.07) is 18.0. The summed E-state index contributed by atoms with van der Waals surface area (Å²) in [4.78, 5) is 28.2. The molecular formula is C25H27NO3. The summed E-state index contributed by atoms with van der Waals surface area (Å²) >= 11 is 0. The molecule has 0 spiro atoms. The zero-order valence-corrected chi connectivity index (χ0v) is 17.2. The van der Waals surface area contributed by atoms with Crippen LogP contribution in [0.4, 0.5) is 0 Å². The molecule has 1 heterocycles. The highest BCUT2D eigenvalue weighted by Gasteiger charge is 2.33. The molecule has 0 bridgehead atoms. The maximum atomic E-state index is 13.2. The van der Waals surface area contributed by atoms with Gasteiger partial charge in [-0.3, -0.25) is 4.79 Å². The van der Waals surface area contributed by atoms with Crippen LogP contribution in [-0.4, -0.2) is 35.0 Å². The van der Waals surface area contributed by atoms with Crippen molar-refractivity contribution in [1.29, 1.82) is 0 Å². The van der Waals surface area contributed by atoms with Crippen molar-refractivity contribution < 1.29 is 14.3 Å². The minimum absolute atomic E-state index is 0.109. The number of esters is 1. The van der Waals surface area contributed by atoms with Crippen LogP contribution < -0.4 is 0 Å². The monoisotopic (exact) mass is 389 g/mol. The molecule has 1 aliphatic rings. The van der Waals surface area contributed by atoms with Crippen LogP contribution in [0.25, 0.3) is 21.5 Å². The number of fused-ring (bicyclic) bond motifs is 2. The van der Waals surface area contributed by atoms with Crippen molar-refractivity contribution in [1.82, 2.24) is 4.90 Å². The van der Waals surface area contributed by atoms with Gasteiger partial charge in [0.05, 0.1) is 5.56 Å². The van der Waals surface area contributed by atoms with Crippen LogP contribution in [0.1, 0.15) is 50.4 Å². The van der Waals surface area contributed by atoms with Gasteiger partial charge in [0.25, 0.3) is 5.91 Å². The van der Waals surface area contributed by atoms with E-state index in [1.807, 2.05) is 53.4 Å². The summed E-state index contributed by atoms with van der Waals surface area (Å²) in [5.74, 6) is -0.557. The van der Waals surface area contributed by atoms with Crippen molar-refractivity contribution in [2.24, 2.45) is 0 Å². The van der Waals surface area contributed by atoms with Crippen LogP contribution in [-0.2, 0) is 9.53 Å². The first-order valence-corrected chi connectivity index (χ1v) is 10.4. The molecule has 4 nitrogen and oxygen atoms in total. The van der Waals surface area contributed by atoms with Gasteiger partial charge < -0.3 is 9.64 Å². The summed E-state index contributed by atoms with van der Waals surface area (Å²) < 4.78 is 5.73. The number of rotatable bonds is 3. The summed E-state index contributed by atoms with van der Waals surface area (Å²) in [5, 5.41) is 3.65. The lowest BCUT2D eigenvalue weighted by molar-refractivity contribution is -0.146. The number of hydrogen-bond acceptors (Lipinski definition) is 3. The minimum Gasteiger partial charge on any atom is -0.449 e. The molecule has 3 atom stereocenters. The second-order valence-corrected chi connectivity index (χ2v) is 8.12. The van der Waals surface area contributed by atoms with Crippen LogP contribution in [0.15, 0.2) is 54.6 Å². The first kappa shape index (κ1) is 19.4. The Hall–Kier alpha value is -2.88. The highest BCUT2D eigenvalue weighted by atomic mass is 16.5. The van der Waals surface area contributed by atoms with Gasteiger partial charge in [0, 0.05) is 12.1 Å². The van der Waals surface area contributed by atoms with Crippen LogP contribution in [0.2, 0.25) is 0 Å². The molecule has 150 valence electrons. The van der Waals surface area contributed by atoms with E-state index >= 15 is 0 Å². The van der Waals surface area contributed by atoms with Crippen molar-refractivity contribution in [2.75, 3.05) is 0 Å². The van der Waals surface area contributed by atoms with Crippen molar-refractivity contribution in [3.05, 3.63) is 60.2 Å². The molecule has 0 aliphatic carbocycles. The fraction of sp³-hybridized carbons (Fsp3) is 0.360. The molecule has 0 aromatic heterocycles. The normalized spacial score (nSPS) is 20.6. The minimum atomic E-state index is -0.816. The first-order chi connectivity index (χ1) is 14.0. The molecule has 29 heavy (non-hydrogen) atoms. The third-order valence-electron chi connectivity index (χ3n) is 6.05. The zero-order valence-electron chi connectivity index (χ0n) is 17.2. The molecule has 1 aliphatic heterocycles. The lowest BCUT2D eigenvalue weighted by atomic mass is 9.96. The van der Waals surface area contributed by atoms with Crippen molar-refractivity contribution in [2.45, 2.75) is 58.2 Å². The third kappa shape index (κ3) is 3.59. The Bertz CT molecular complexity index is 1010. The molecule has 0 unspecified atom stereocenters. The Morgan fingerprint density at radius 1 is 0.931 bits per heavy atom. The van der Waals surface area contributed by atoms with E-state index in [0.717, 1.165) is 40.8 Å². The average Bonchev–Trinajstić information content (AvgIpc) is 2.71. The molecule has 1 amide bonds. The van der Waals surface area contributed by atoms with Crippen LogP contribution >= 0.6 is 0 Å². The molecule has 1 saturated heterocycles. The topological polar surface area (TPSA) is 46.6 Å². The average molecular weight is 389 g/mol. The van der Waals surface area contributed by atoms with Gasteiger partial charge in [0.15, 0.2) is 6.10 Å². The Labute approximate surface area is 171 Å². The zero-order chi connectivity index (χ0) is 20.5. The number of ether oxygens (including phenoxy) is 1. The quantitative estimate of drug-likeness (QED) is 0.449. The summed E-state index contributed by atoms with van der Waals surface area (Å²) in [6.45, 7) is 5.82. The lowest BCUT2D eigenvalue weighted by Gasteiger charge is -2.40. The predicted molar refractivity (Wildman–Crippen MR) is 116 cm³/mol. The van der Waals surface area contributed by atoms with E-state index in [1.54, 1.807) is 6.92 Å². The Balaban J connectivity index is 1.67. The number of carbonyl (C=O) groups is 2. The van der Waals surface area contributed by atoms with Gasteiger partial charge in [-0.05, 0) is 67.6 Å². The molecule has 3 aromatic carbocycles. The predicted octanol–water partition coefficient (Wildman–Crippen LogP) is 5.33. The standard InChI is InChI=1S/C25H27NO3/c1-16-9-8-10-17(2)26(16)24(27)18(3)29-25(28)23-21-13-6-4-11-19(21)15-20-12-5-7-14-22(20)23/h4-7,11-18H,8-10H2,1-3H3/t16-,17-,18-/m1/s1. The largest absolute Gasteiger partial charge is 0.449 e. The van der Waals surface area contributed by atoms with E-state index in [9.17, 15) is 9.59 Å². The Kier molecular flexibility index (Phi) is 5.27. The molecule has 0 radical (unpaired) electrons. The van der Waals surface area contributed by atoms with Gasteiger partial charge in [-0.1, -0.05) is 48.5 Å². The van der Waals surface area contributed by atoms with E-state index in [1.165, 1.54) is 0 Å². The fourth-order valence-electron chi connectivity index (χ4n) is 4.57. The molecule has 0 N–H and O–H groups in total. The molecule has 1 fully saturated rings. The second kappa shape index (κ2) is 7.86. The fourth-order valence-corrected chi connectivity index (χ4v) is 4.57. The maximum absolute atomic E-state index is 13.2. The van der Waals surface area contributed by atoms with Crippen LogP contribution in [0, 0.1) is 0 Å². The number of carbonyl (C=O) groups excluding carboxylic acids is 2. The van der Waals surface area contributed by atoms with Crippen molar-refractivity contribution in [3.63, 3.8) is 0 Å².